The molecule has 2 N–H and O–H groups in total. The average molecular weight is 298 g/mol. The van der Waals surface area contributed by atoms with Crippen molar-refractivity contribution < 1.29 is 23.5 Å². The van der Waals surface area contributed by atoms with E-state index in [1.54, 1.807) is 11.8 Å². The zero-order chi connectivity index (χ0) is 15.6. The minimum Gasteiger partial charge on any atom is -0.481 e. The van der Waals surface area contributed by atoms with Gasteiger partial charge in [-0.3, -0.25) is 14.5 Å². The molecule has 1 amide bonds. The number of benzene rings is 1. The summed E-state index contributed by atoms with van der Waals surface area (Å²) >= 11 is 0. The number of carbonyl (C=O) groups excluding carboxylic acids is 1. The van der Waals surface area contributed by atoms with E-state index in [0.29, 0.717) is 19.2 Å². The number of nitrogens with one attached hydrogen (secondary N) is 1. The van der Waals surface area contributed by atoms with Crippen LogP contribution in [0.3, 0.4) is 0 Å². The Balaban J connectivity index is 1.80. The van der Waals surface area contributed by atoms with E-state index in [-0.39, 0.29) is 18.2 Å². The maximum atomic E-state index is 13.4. The third-order valence-electron chi connectivity index (χ3n) is 3.65. The Bertz CT molecular complexity index is 559. The third kappa shape index (κ3) is 3.75. The number of halogens is 2. The van der Waals surface area contributed by atoms with Crippen LogP contribution in [0.15, 0.2) is 18.2 Å². The molecule has 0 aliphatic carbocycles. The van der Waals surface area contributed by atoms with Crippen molar-refractivity contribution in [2.75, 3.05) is 25.0 Å². The molecule has 1 heterocycles. The number of likely N-dealkylation sites (tertiary alicyclic amines) is 1. The number of anilines is 1. The van der Waals surface area contributed by atoms with Crippen LogP contribution in [0.2, 0.25) is 0 Å². The molecular formula is C14H16F2N2O3. The number of rotatable bonds is 5. The Hall–Kier alpha value is -2.02. The van der Waals surface area contributed by atoms with Crippen LogP contribution in [0.1, 0.15) is 6.92 Å². The standard InChI is InChI=1S/C14H16F2N2O3/c1-8(14(20)21)9-5-18(6-9)7-13(19)17-12-3-2-10(15)4-11(12)16/h2-4,8-9H,5-7H2,1H3,(H,17,19)(H,20,21). The summed E-state index contributed by atoms with van der Waals surface area (Å²) in [5.74, 6) is -3.22. The molecule has 0 aromatic heterocycles. The van der Waals surface area contributed by atoms with Crippen LogP contribution >= 0.6 is 0 Å². The van der Waals surface area contributed by atoms with Gasteiger partial charge in [-0.2, -0.15) is 0 Å². The molecule has 7 heteroatoms. The highest BCUT2D eigenvalue weighted by Gasteiger charge is 2.35. The summed E-state index contributed by atoms with van der Waals surface area (Å²) in [6, 6.07) is 2.92. The molecule has 1 atom stereocenters. The highest BCUT2D eigenvalue weighted by molar-refractivity contribution is 5.92. The van der Waals surface area contributed by atoms with E-state index in [9.17, 15) is 18.4 Å². The molecule has 0 spiro atoms. The van der Waals surface area contributed by atoms with Crippen molar-refractivity contribution >= 4 is 17.6 Å². The van der Waals surface area contributed by atoms with E-state index in [2.05, 4.69) is 5.32 Å². The van der Waals surface area contributed by atoms with E-state index in [4.69, 9.17) is 5.11 Å². The van der Waals surface area contributed by atoms with Gasteiger partial charge in [0.25, 0.3) is 0 Å². The summed E-state index contributed by atoms with van der Waals surface area (Å²) in [5.41, 5.74) is -0.0719. The van der Waals surface area contributed by atoms with Crippen molar-refractivity contribution in [2.24, 2.45) is 11.8 Å². The first kappa shape index (κ1) is 15.4. The van der Waals surface area contributed by atoms with Crippen LogP contribution in [-0.4, -0.2) is 41.5 Å². The van der Waals surface area contributed by atoms with Gasteiger partial charge in [-0.05, 0) is 18.1 Å². The number of carbonyl (C=O) groups is 2. The molecule has 1 aromatic rings. The minimum atomic E-state index is -0.850. The molecule has 5 nitrogen and oxygen atoms in total. The molecule has 2 rings (SSSR count). The zero-order valence-electron chi connectivity index (χ0n) is 11.5. The Labute approximate surface area is 120 Å². The first-order chi connectivity index (χ1) is 9.86. The van der Waals surface area contributed by atoms with Gasteiger partial charge in [0.2, 0.25) is 5.91 Å². The lowest BCUT2D eigenvalue weighted by Gasteiger charge is -2.40. The van der Waals surface area contributed by atoms with Gasteiger partial charge < -0.3 is 10.4 Å². The summed E-state index contributed by atoms with van der Waals surface area (Å²) in [4.78, 5) is 24.3. The molecule has 0 bridgehead atoms. The smallest absolute Gasteiger partial charge is 0.306 e. The monoisotopic (exact) mass is 298 g/mol. The number of hydrogen-bond acceptors (Lipinski definition) is 3. The maximum absolute atomic E-state index is 13.4. The molecule has 1 aliphatic rings. The predicted octanol–water partition coefficient (Wildman–Crippen LogP) is 1.56. The van der Waals surface area contributed by atoms with Crippen LogP contribution < -0.4 is 5.32 Å². The summed E-state index contributed by atoms with van der Waals surface area (Å²) in [5, 5.41) is 11.2. The van der Waals surface area contributed by atoms with Gasteiger partial charge in [-0.25, -0.2) is 8.78 Å². The Kier molecular flexibility index (Phi) is 4.52. The number of carboxylic acid groups (broad SMARTS) is 1. The Morgan fingerprint density at radius 3 is 2.67 bits per heavy atom. The molecule has 1 fully saturated rings. The summed E-state index contributed by atoms with van der Waals surface area (Å²) in [6.07, 6.45) is 0. The fourth-order valence-corrected chi connectivity index (χ4v) is 2.24. The molecule has 21 heavy (non-hydrogen) atoms. The third-order valence-corrected chi connectivity index (χ3v) is 3.65. The molecule has 1 aromatic carbocycles. The van der Waals surface area contributed by atoms with Crippen molar-refractivity contribution in [1.29, 1.82) is 0 Å². The van der Waals surface area contributed by atoms with Gasteiger partial charge in [-0.15, -0.1) is 0 Å². The highest BCUT2D eigenvalue weighted by Crippen LogP contribution is 2.24. The topological polar surface area (TPSA) is 69.6 Å². The van der Waals surface area contributed by atoms with Gasteiger partial charge >= 0.3 is 5.97 Å². The summed E-state index contributed by atoms with van der Waals surface area (Å²) < 4.78 is 26.1. The van der Waals surface area contributed by atoms with Gasteiger partial charge in [0.1, 0.15) is 11.6 Å². The molecule has 1 unspecified atom stereocenters. The summed E-state index contributed by atoms with van der Waals surface area (Å²) in [7, 11) is 0. The van der Waals surface area contributed by atoms with Crippen LogP contribution in [0.25, 0.3) is 0 Å². The molecule has 0 saturated carbocycles. The number of nitrogens with zero attached hydrogens (tertiary/aromatic N) is 1. The van der Waals surface area contributed by atoms with Crippen LogP contribution in [-0.2, 0) is 9.59 Å². The summed E-state index contributed by atoms with van der Waals surface area (Å²) in [6.45, 7) is 2.73. The second kappa shape index (κ2) is 6.17. The SMILES string of the molecule is CC(C(=O)O)C1CN(CC(=O)Nc2ccc(F)cc2F)C1. The molecule has 0 radical (unpaired) electrons. The van der Waals surface area contributed by atoms with Crippen LogP contribution in [0.4, 0.5) is 14.5 Å². The van der Waals surface area contributed by atoms with Gasteiger partial charge in [0.15, 0.2) is 0 Å². The van der Waals surface area contributed by atoms with E-state index in [1.807, 2.05) is 0 Å². The maximum Gasteiger partial charge on any atom is 0.306 e. The Morgan fingerprint density at radius 2 is 2.10 bits per heavy atom. The fourth-order valence-electron chi connectivity index (χ4n) is 2.24. The first-order valence-corrected chi connectivity index (χ1v) is 6.57. The van der Waals surface area contributed by atoms with Crippen LogP contribution in [0, 0.1) is 23.5 Å². The van der Waals surface area contributed by atoms with Crippen molar-refractivity contribution in [1.82, 2.24) is 4.90 Å². The predicted molar refractivity (Wildman–Crippen MR) is 71.7 cm³/mol. The van der Waals surface area contributed by atoms with Crippen molar-refractivity contribution in [3.05, 3.63) is 29.8 Å². The minimum absolute atomic E-state index is 0.0258. The molecular weight excluding hydrogens is 282 g/mol. The second-order valence-corrected chi connectivity index (χ2v) is 5.25. The lowest BCUT2D eigenvalue weighted by atomic mass is 9.87. The highest BCUT2D eigenvalue weighted by atomic mass is 19.1. The van der Waals surface area contributed by atoms with Crippen molar-refractivity contribution in [2.45, 2.75) is 6.92 Å². The zero-order valence-corrected chi connectivity index (χ0v) is 11.5. The normalized spacial score (nSPS) is 17.1. The van der Waals surface area contributed by atoms with E-state index in [0.717, 1.165) is 12.1 Å². The van der Waals surface area contributed by atoms with Gasteiger partial charge in [0, 0.05) is 19.2 Å². The molecule has 1 aliphatic heterocycles. The second-order valence-electron chi connectivity index (χ2n) is 5.25. The Morgan fingerprint density at radius 1 is 1.43 bits per heavy atom. The van der Waals surface area contributed by atoms with Crippen molar-refractivity contribution in [3.63, 3.8) is 0 Å². The molecule has 1 saturated heterocycles. The lowest BCUT2D eigenvalue weighted by Crippen LogP contribution is -2.53. The van der Waals surface area contributed by atoms with E-state index < -0.39 is 29.4 Å². The first-order valence-electron chi connectivity index (χ1n) is 6.57. The largest absolute Gasteiger partial charge is 0.481 e. The lowest BCUT2D eigenvalue weighted by molar-refractivity contribution is -0.145. The number of carboxylic acids is 1. The number of aliphatic carboxylic acids is 1. The number of amides is 1. The van der Waals surface area contributed by atoms with Crippen molar-refractivity contribution in [3.8, 4) is 0 Å². The van der Waals surface area contributed by atoms with E-state index >= 15 is 0 Å². The van der Waals surface area contributed by atoms with E-state index in [1.165, 1.54) is 0 Å². The van der Waals surface area contributed by atoms with Gasteiger partial charge in [0.05, 0.1) is 18.2 Å². The quantitative estimate of drug-likeness (QED) is 0.865. The average Bonchev–Trinajstić information content (AvgIpc) is 2.36. The fraction of sp³-hybridized carbons (Fsp3) is 0.429. The van der Waals surface area contributed by atoms with Crippen LogP contribution in [0.5, 0.6) is 0 Å². The number of hydrogen-bond donors (Lipinski definition) is 2. The van der Waals surface area contributed by atoms with Gasteiger partial charge in [-0.1, -0.05) is 6.92 Å². The molecule has 114 valence electrons.